The van der Waals surface area contributed by atoms with E-state index in [1.807, 2.05) is 18.2 Å². The van der Waals surface area contributed by atoms with Crippen molar-refractivity contribution in [2.75, 3.05) is 26.3 Å². The molecule has 1 aromatic rings. The van der Waals surface area contributed by atoms with Gasteiger partial charge in [0, 0.05) is 50.3 Å². The lowest BCUT2D eigenvalue weighted by Gasteiger charge is -2.40. The van der Waals surface area contributed by atoms with Crippen LogP contribution >= 0.6 is 0 Å². The third kappa shape index (κ3) is 3.03. The zero-order valence-corrected chi connectivity index (χ0v) is 14.4. The molecule has 3 fully saturated rings. The summed E-state index contributed by atoms with van der Waals surface area (Å²) in [5.74, 6) is 0.617. The summed E-state index contributed by atoms with van der Waals surface area (Å²) in [7, 11) is -3.40. The van der Waals surface area contributed by atoms with Crippen LogP contribution in [0.25, 0.3) is 0 Å². The van der Waals surface area contributed by atoms with Gasteiger partial charge in [-0.3, -0.25) is 0 Å². The third-order valence-electron chi connectivity index (χ3n) is 5.11. The van der Waals surface area contributed by atoms with Crippen LogP contribution in [0.1, 0.15) is 25.7 Å². The topological polar surface area (TPSA) is 72.0 Å². The van der Waals surface area contributed by atoms with Gasteiger partial charge in [0.2, 0.25) is 5.88 Å². The predicted octanol–water partition coefficient (Wildman–Crippen LogP) is 1.03. The molecule has 0 radical (unpaired) electrons. The number of ether oxygens (including phenoxy) is 2. The Labute approximate surface area is 142 Å². The minimum Gasteiger partial charge on any atom is -0.474 e. The average Bonchev–Trinajstić information content (AvgIpc) is 2.89. The highest BCUT2D eigenvalue weighted by atomic mass is 32.2. The van der Waals surface area contributed by atoms with Gasteiger partial charge in [-0.2, -0.15) is 17.0 Å². The fraction of sp³-hybridized carbons (Fsp3) is 0.688. The van der Waals surface area contributed by atoms with Crippen molar-refractivity contribution in [2.24, 2.45) is 0 Å². The molecule has 0 unspecified atom stereocenters. The molecule has 3 aliphatic heterocycles. The van der Waals surface area contributed by atoms with Crippen LogP contribution in [0, 0.1) is 0 Å². The van der Waals surface area contributed by atoms with E-state index in [0.29, 0.717) is 32.2 Å². The second-order valence-electron chi connectivity index (χ2n) is 6.61. The standard InChI is InChI=1S/C16H23N3O4S/c20-24(21,18-7-9-22-10-8-18)19-13-4-5-14(19)12-15(11-13)23-16-3-1-2-6-17-16/h1-3,6,13-15H,4-5,7-12H2/t13-,14-/m0/s1. The van der Waals surface area contributed by atoms with Gasteiger partial charge >= 0.3 is 0 Å². The van der Waals surface area contributed by atoms with Crippen LogP contribution in [0.5, 0.6) is 5.88 Å². The SMILES string of the molecule is O=S(=O)(N1CCOCC1)N1[C@H]2CC[C@H]1CC(Oc1ccccn1)C2. The molecule has 0 aliphatic carbocycles. The van der Waals surface area contributed by atoms with Gasteiger partial charge in [0.05, 0.1) is 13.2 Å². The van der Waals surface area contributed by atoms with Crippen LogP contribution in [-0.2, 0) is 14.9 Å². The predicted molar refractivity (Wildman–Crippen MR) is 87.8 cm³/mol. The summed E-state index contributed by atoms with van der Waals surface area (Å²) in [6.07, 6.45) is 5.04. The summed E-state index contributed by atoms with van der Waals surface area (Å²) in [6, 6.07) is 5.66. The molecule has 4 heterocycles. The van der Waals surface area contributed by atoms with Crippen molar-refractivity contribution in [1.82, 2.24) is 13.6 Å². The number of fused-ring (bicyclic) bond motifs is 2. The van der Waals surface area contributed by atoms with Crippen molar-refractivity contribution in [2.45, 2.75) is 43.9 Å². The lowest BCUT2D eigenvalue weighted by atomic mass is 10.0. The zero-order valence-electron chi connectivity index (χ0n) is 13.6. The van der Waals surface area contributed by atoms with Gasteiger partial charge in [0.25, 0.3) is 10.2 Å². The Kier molecular flexibility index (Phi) is 4.46. The van der Waals surface area contributed by atoms with Crippen molar-refractivity contribution in [3.8, 4) is 5.88 Å². The molecule has 0 N–H and O–H groups in total. The van der Waals surface area contributed by atoms with E-state index in [1.54, 1.807) is 14.8 Å². The van der Waals surface area contributed by atoms with Gasteiger partial charge in [0.15, 0.2) is 0 Å². The van der Waals surface area contributed by atoms with Crippen molar-refractivity contribution in [3.63, 3.8) is 0 Å². The van der Waals surface area contributed by atoms with E-state index in [4.69, 9.17) is 9.47 Å². The van der Waals surface area contributed by atoms with Gasteiger partial charge < -0.3 is 9.47 Å². The molecular weight excluding hydrogens is 330 g/mol. The molecule has 0 amide bonds. The zero-order chi connectivity index (χ0) is 16.6. The highest BCUT2D eigenvalue weighted by Gasteiger charge is 2.49. The molecule has 1 aromatic heterocycles. The summed E-state index contributed by atoms with van der Waals surface area (Å²) in [4.78, 5) is 4.21. The molecule has 0 saturated carbocycles. The van der Waals surface area contributed by atoms with Crippen LogP contribution in [0.4, 0.5) is 0 Å². The Morgan fingerprint density at radius 2 is 1.83 bits per heavy atom. The van der Waals surface area contributed by atoms with Crippen LogP contribution in [-0.4, -0.2) is 66.5 Å². The summed E-state index contributed by atoms with van der Waals surface area (Å²) >= 11 is 0. The van der Waals surface area contributed by atoms with E-state index in [0.717, 1.165) is 25.7 Å². The molecule has 0 spiro atoms. The molecule has 2 bridgehead atoms. The Bertz CT molecular complexity index is 649. The Hall–Kier alpha value is -1.22. The number of hydrogen-bond donors (Lipinski definition) is 0. The molecule has 7 nitrogen and oxygen atoms in total. The largest absolute Gasteiger partial charge is 0.474 e. The number of hydrogen-bond acceptors (Lipinski definition) is 5. The lowest BCUT2D eigenvalue weighted by Crippen LogP contribution is -2.56. The monoisotopic (exact) mass is 353 g/mol. The maximum absolute atomic E-state index is 13.0. The quantitative estimate of drug-likeness (QED) is 0.809. The molecule has 2 atom stereocenters. The first-order valence-corrected chi connectivity index (χ1v) is 9.98. The van der Waals surface area contributed by atoms with Crippen molar-refractivity contribution in [1.29, 1.82) is 0 Å². The van der Waals surface area contributed by atoms with Crippen molar-refractivity contribution >= 4 is 10.2 Å². The van der Waals surface area contributed by atoms with E-state index < -0.39 is 10.2 Å². The van der Waals surface area contributed by atoms with E-state index in [2.05, 4.69) is 4.98 Å². The maximum Gasteiger partial charge on any atom is 0.282 e. The first-order valence-electron chi connectivity index (χ1n) is 8.58. The van der Waals surface area contributed by atoms with E-state index in [9.17, 15) is 8.42 Å². The molecule has 3 aliphatic rings. The molecule has 8 heteroatoms. The Morgan fingerprint density at radius 1 is 1.12 bits per heavy atom. The van der Waals surface area contributed by atoms with Crippen LogP contribution in [0.2, 0.25) is 0 Å². The van der Waals surface area contributed by atoms with E-state index >= 15 is 0 Å². The number of pyridine rings is 1. The van der Waals surface area contributed by atoms with Gasteiger partial charge in [0.1, 0.15) is 6.10 Å². The summed E-state index contributed by atoms with van der Waals surface area (Å²) in [5.41, 5.74) is 0. The second kappa shape index (κ2) is 6.59. The lowest BCUT2D eigenvalue weighted by molar-refractivity contribution is 0.0599. The van der Waals surface area contributed by atoms with Crippen LogP contribution < -0.4 is 4.74 Å². The Balaban J connectivity index is 1.47. The molecular formula is C16H23N3O4S. The smallest absolute Gasteiger partial charge is 0.282 e. The normalized spacial score (nSPS) is 31.9. The number of morpholine rings is 1. The van der Waals surface area contributed by atoms with Crippen LogP contribution in [0.15, 0.2) is 24.4 Å². The first kappa shape index (κ1) is 16.3. The minimum atomic E-state index is -3.40. The molecule has 24 heavy (non-hydrogen) atoms. The minimum absolute atomic E-state index is 0.0327. The molecule has 3 saturated heterocycles. The van der Waals surface area contributed by atoms with Crippen molar-refractivity contribution < 1.29 is 17.9 Å². The highest BCUT2D eigenvalue weighted by Crippen LogP contribution is 2.39. The fourth-order valence-corrected chi connectivity index (χ4v) is 6.07. The van der Waals surface area contributed by atoms with E-state index in [-0.39, 0.29) is 18.2 Å². The van der Waals surface area contributed by atoms with Gasteiger partial charge in [-0.05, 0) is 18.9 Å². The highest BCUT2D eigenvalue weighted by molar-refractivity contribution is 7.86. The van der Waals surface area contributed by atoms with Gasteiger partial charge in [-0.15, -0.1) is 0 Å². The number of aromatic nitrogens is 1. The number of nitrogens with zero attached hydrogens (tertiary/aromatic N) is 3. The second-order valence-corrected chi connectivity index (χ2v) is 8.45. The Morgan fingerprint density at radius 3 is 2.46 bits per heavy atom. The van der Waals surface area contributed by atoms with Gasteiger partial charge in [-0.1, -0.05) is 6.07 Å². The molecule has 132 valence electrons. The number of piperidine rings is 1. The summed E-state index contributed by atoms with van der Waals surface area (Å²) < 4.78 is 40.6. The van der Waals surface area contributed by atoms with Crippen LogP contribution in [0.3, 0.4) is 0 Å². The number of rotatable bonds is 4. The fourth-order valence-electron chi connectivity index (χ4n) is 4.06. The first-order chi connectivity index (χ1) is 11.6. The average molecular weight is 353 g/mol. The molecule has 4 rings (SSSR count). The van der Waals surface area contributed by atoms with Gasteiger partial charge in [-0.25, -0.2) is 4.98 Å². The summed E-state index contributed by atoms with van der Waals surface area (Å²) in [6.45, 7) is 1.86. The molecule has 0 aromatic carbocycles. The van der Waals surface area contributed by atoms with E-state index in [1.165, 1.54) is 0 Å². The third-order valence-corrected chi connectivity index (χ3v) is 7.26. The van der Waals surface area contributed by atoms with Crippen molar-refractivity contribution in [3.05, 3.63) is 24.4 Å². The summed E-state index contributed by atoms with van der Waals surface area (Å²) in [5, 5.41) is 0. The maximum atomic E-state index is 13.0.